The van der Waals surface area contributed by atoms with Crippen molar-refractivity contribution < 1.29 is 4.79 Å². The third kappa shape index (κ3) is 2.62. The minimum Gasteiger partial charge on any atom is -0.368 e. The van der Waals surface area contributed by atoms with Crippen molar-refractivity contribution >= 4 is 39.2 Å². The van der Waals surface area contributed by atoms with Crippen molar-refractivity contribution in [2.45, 2.75) is 6.92 Å². The lowest BCUT2D eigenvalue weighted by atomic mass is 10.4. The molecule has 7 heteroatoms. The van der Waals surface area contributed by atoms with Gasteiger partial charge in [-0.15, -0.1) is 11.3 Å². The maximum absolute atomic E-state index is 11.3. The van der Waals surface area contributed by atoms with Crippen LogP contribution in [0.2, 0.25) is 0 Å². The normalized spacial score (nSPS) is 10.4. The van der Waals surface area contributed by atoms with Gasteiger partial charge in [-0.1, -0.05) is 0 Å². The number of hydrogen-bond donors (Lipinski definition) is 3. The molecule has 17 heavy (non-hydrogen) atoms. The van der Waals surface area contributed by atoms with E-state index in [-0.39, 0.29) is 18.4 Å². The number of carbonyl (C=O) groups is 1. The predicted molar refractivity (Wildman–Crippen MR) is 69.0 cm³/mol. The first-order valence-corrected chi connectivity index (χ1v) is 6.10. The fraction of sp³-hybridized carbons (Fsp3) is 0.300. The highest BCUT2D eigenvalue weighted by molar-refractivity contribution is 7.16. The Kier molecular flexibility index (Phi) is 3.38. The maximum Gasteiger partial charge on any atom is 0.239 e. The van der Waals surface area contributed by atoms with Gasteiger partial charge in [-0.05, 0) is 18.4 Å². The lowest BCUT2D eigenvalue weighted by Gasteiger charge is -2.07. The van der Waals surface area contributed by atoms with Gasteiger partial charge in [0.05, 0.1) is 11.9 Å². The fourth-order valence-corrected chi connectivity index (χ4v) is 2.20. The quantitative estimate of drug-likeness (QED) is 0.748. The van der Waals surface area contributed by atoms with E-state index in [1.165, 1.54) is 11.3 Å². The van der Waals surface area contributed by atoms with E-state index in [9.17, 15) is 4.79 Å². The largest absolute Gasteiger partial charge is 0.368 e. The summed E-state index contributed by atoms with van der Waals surface area (Å²) < 4.78 is 0. The SMILES string of the molecule is CCNC(=O)CNc1nc(N)nc2sccc12. The van der Waals surface area contributed by atoms with Crippen molar-refractivity contribution in [1.82, 2.24) is 15.3 Å². The van der Waals surface area contributed by atoms with E-state index < -0.39 is 0 Å². The number of nitrogen functional groups attached to an aromatic ring is 1. The number of fused-ring (bicyclic) bond motifs is 1. The fourth-order valence-electron chi connectivity index (χ4n) is 1.43. The van der Waals surface area contributed by atoms with Gasteiger partial charge in [0.2, 0.25) is 11.9 Å². The van der Waals surface area contributed by atoms with Crippen LogP contribution < -0.4 is 16.4 Å². The molecule has 0 saturated carbocycles. The molecule has 6 nitrogen and oxygen atoms in total. The Morgan fingerprint density at radius 3 is 3.12 bits per heavy atom. The number of carbonyl (C=O) groups excluding carboxylic acids is 1. The molecule has 4 N–H and O–H groups in total. The van der Waals surface area contributed by atoms with E-state index in [1.807, 2.05) is 18.4 Å². The number of hydrogen-bond acceptors (Lipinski definition) is 6. The average molecular weight is 251 g/mol. The molecular formula is C10H13N5OS. The van der Waals surface area contributed by atoms with Gasteiger partial charge in [0.1, 0.15) is 10.6 Å². The van der Waals surface area contributed by atoms with E-state index in [0.29, 0.717) is 12.4 Å². The monoisotopic (exact) mass is 251 g/mol. The molecule has 0 aliphatic carbocycles. The number of aromatic nitrogens is 2. The van der Waals surface area contributed by atoms with Crippen LogP contribution in [-0.4, -0.2) is 29.0 Å². The van der Waals surface area contributed by atoms with E-state index in [4.69, 9.17) is 5.73 Å². The summed E-state index contributed by atoms with van der Waals surface area (Å²) in [6, 6.07) is 1.90. The second-order valence-electron chi connectivity index (χ2n) is 3.38. The van der Waals surface area contributed by atoms with E-state index >= 15 is 0 Å². The number of amides is 1. The number of nitrogens with two attached hydrogens (primary N) is 1. The minimum absolute atomic E-state index is 0.0759. The van der Waals surface area contributed by atoms with Gasteiger partial charge in [-0.3, -0.25) is 4.79 Å². The van der Waals surface area contributed by atoms with Gasteiger partial charge in [0, 0.05) is 6.54 Å². The molecular weight excluding hydrogens is 238 g/mol. The Hall–Kier alpha value is -1.89. The van der Waals surface area contributed by atoms with Crippen LogP contribution in [0.4, 0.5) is 11.8 Å². The lowest BCUT2D eigenvalue weighted by Crippen LogP contribution is -2.29. The molecule has 0 aliphatic rings. The van der Waals surface area contributed by atoms with Crippen molar-refractivity contribution in [2.24, 2.45) is 0 Å². The Morgan fingerprint density at radius 2 is 2.35 bits per heavy atom. The zero-order valence-corrected chi connectivity index (χ0v) is 10.2. The first-order chi connectivity index (χ1) is 8.20. The van der Waals surface area contributed by atoms with Gasteiger partial charge in [0.25, 0.3) is 0 Å². The van der Waals surface area contributed by atoms with Crippen LogP contribution >= 0.6 is 11.3 Å². The third-order valence-electron chi connectivity index (χ3n) is 2.13. The molecule has 0 aliphatic heterocycles. The zero-order chi connectivity index (χ0) is 12.3. The highest BCUT2D eigenvalue weighted by atomic mass is 32.1. The molecule has 0 aromatic carbocycles. The van der Waals surface area contributed by atoms with Crippen molar-refractivity contribution in [3.63, 3.8) is 0 Å². The van der Waals surface area contributed by atoms with Gasteiger partial charge >= 0.3 is 0 Å². The average Bonchev–Trinajstić information content (AvgIpc) is 2.74. The molecule has 0 radical (unpaired) electrons. The number of nitrogens with one attached hydrogen (secondary N) is 2. The number of rotatable bonds is 4. The first-order valence-electron chi connectivity index (χ1n) is 5.22. The predicted octanol–water partition coefficient (Wildman–Crippen LogP) is 0.821. The van der Waals surface area contributed by atoms with Crippen molar-refractivity contribution in [2.75, 3.05) is 24.1 Å². The Morgan fingerprint density at radius 1 is 1.53 bits per heavy atom. The summed E-state index contributed by atoms with van der Waals surface area (Å²) in [4.78, 5) is 20.3. The second-order valence-corrected chi connectivity index (χ2v) is 4.27. The van der Waals surface area contributed by atoms with Crippen LogP contribution in [0.15, 0.2) is 11.4 Å². The third-order valence-corrected chi connectivity index (χ3v) is 2.94. The van der Waals surface area contributed by atoms with Crippen LogP contribution in [0.1, 0.15) is 6.92 Å². The minimum atomic E-state index is -0.0759. The molecule has 0 saturated heterocycles. The number of anilines is 2. The van der Waals surface area contributed by atoms with Gasteiger partial charge in [-0.25, -0.2) is 4.98 Å². The molecule has 2 rings (SSSR count). The van der Waals surface area contributed by atoms with Crippen LogP contribution in [-0.2, 0) is 4.79 Å². The van der Waals surface area contributed by atoms with Crippen LogP contribution in [0, 0.1) is 0 Å². The zero-order valence-electron chi connectivity index (χ0n) is 9.36. The van der Waals surface area contributed by atoms with Gasteiger partial charge < -0.3 is 16.4 Å². The smallest absolute Gasteiger partial charge is 0.239 e. The molecule has 0 spiro atoms. The highest BCUT2D eigenvalue weighted by Gasteiger charge is 2.08. The van der Waals surface area contributed by atoms with Crippen LogP contribution in [0.25, 0.3) is 10.2 Å². The number of likely N-dealkylation sites (N-methyl/N-ethyl adjacent to an activating group) is 1. The summed E-state index contributed by atoms with van der Waals surface area (Å²) in [6.07, 6.45) is 0. The molecule has 0 unspecified atom stereocenters. The Balaban J connectivity index is 2.17. The van der Waals surface area contributed by atoms with Crippen molar-refractivity contribution in [1.29, 1.82) is 0 Å². The summed E-state index contributed by atoms with van der Waals surface area (Å²) >= 11 is 1.49. The summed E-state index contributed by atoms with van der Waals surface area (Å²) in [5.74, 6) is 0.728. The lowest BCUT2D eigenvalue weighted by molar-refractivity contribution is -0.119. The van der Waals surface area contributed by atoms with E-state index in [0.717, 1.165) is 10.2 Å². The molecule has 0 bridgehead atoms. The number of thiophene rings is 1. The second kappa shape index (κ2) is 4.96. The van der Waals surface area contributed by atoms with E-state index in [2.05, 4.69) is 20.6 Å². The summed E-state index contributed by atoms with van der Waals surface area (Å²) in [7, 11) is 0. The molecule has 0 fully saturated rings. The first kappa shape index (κ1) is 11.6. The molecule has 0 atom stereocenters. The van der Waals surface area contributed by atoms with Crippen LogP contribution in [0.3, 0.4) is 0 Å². The van der Waals surface area contributed by atoms with Gasteiger partial charge in [-0.2, -0.15) is 4.98 Å². The van der Waals surface area contributed by atoms with Crippen molar-refractivity contribution in [3.05, 3.63) is 11.4 Å². The summed E-state index contributed by atoms with van der Waals surface area (Å²) in [6.45, 7) is 2.66. The Labute approximate surface area is 102 Å². The summed E-state index contributed by atoms with van der Waals surface area (Å²) in [5.41, 5.74) is 5.59. The topological polar surface area (TPSA) is 92.9 Å². The van der Waals surface area contributed by atoms with Crippen LogP contribution in [0.5, 0.6) is 0 Å². The van der Waals surface area contributed by atoms with Gasteiger partial charge in [0.15, 0.2) is 0 Å². The number of nitrogens with zero attached hydrogens (tertiary/aromatic N) is 2. The molecule has 2 aromatic rings. The molecule has 1 amide bonds. The van der Waals surface area contributed by atoms with Crippen molar-refractivity contribution in [3.8, 4) is 0 Å². The summed E-state index contributed by atoms with van der Waals surface area (Å²) in [5, 5.41) is 8.46. The maximum atomic E-state index is 11.3. The Bertz CT molecular complexity index is 538. The standard InChI is InChI=1S/C10H13N5OS/c1-2-12-7(16)5-13-8-6-3-4-17-9(6)15-10(11)14-8/h3-4H,2,5H2,1H3,(H,12,16)(H3,11,13,14,15). The molecule has 2 aromatic heterocycles. The molecule has 90 valence electrons. The highest BCUT2D eigenvalue weighted by Crippen LogP contribution is 2.25. The van der Waals surface area contributed by atoms with E-state index in [1.54, 1.807) is 0 Å². The molecule has 2 heterocycles.